The molecular weight excluding hydrogens is 250 g/mol. The minimum atomic E-state index is 0.652. The largest absolute Gasteiger partial charge is 0.380 e. The van der Waals surface area contributed by atoms with Crippen LogP contribution in [0.25, 0.3) is 11.0 Å². The Kier molecular flexibility index (Phi) is 3.05. The minimum absolute atomic E-state index is 0.652. The molecule has 2 aromatic heterocycles. The van der Waals surface area contributed by atoms with E-state index in [2.05, 4.69) is 26.6 Å². The van der Waals surface area contributed by atoms with Crippen molar-refractivity contribution in [2.75, 3.05) is 5.32 Å². The van der Waals surface area contributed by atoms with E-state index in [1.165, 1.54) is 0 Å². The average molecular weight is 263 g/mol. The molecule has 0 atom stereocenters. The maximum Gasteiger partial charge on any atom is 0.181 e. The SMILES string of the molecule is Cc1[nH]nc2ncc(NCc3cccc(C#N)c3)cc12. The first kappa shape index (κ1) is 12.2. The summed E-state index contributed by atoms with van der Waals surface area (Å²) >= 11 is 0. The third-order valence-corrected chi connectivity index (χ3v) is 3.15. The lowest BCUT2D eigenvalue weighted by Gasteiger charge is -2.06. The van der Waals surface area contributed by atoms with Crippen molar-refractivity contribution in [3.8, 4) is 6.07 Å². The quantitative estimate of drug-likeness (QED) is 0.761. The van der Waals surface area contributed by atoms with Gasteiger partial charge in [-0.25, -0.2) is 4.98 Å². The van der Waals surface area contributed by atoms with Crippen LogP contribution in [0.15, 0.2) is 36.5 Å². The van der Waals surface area contributed by atoms with Gasteiger partial charge in [-0.05, 0) is 30.7 Å². The molecular formula is C15H13N5. The molecule has 5 nitrogen and oxygen atoms in total. The monoisotopic (exact) mass is 263 g/mol. The lowest BCUT2D eigenvalue weighted by atomic mass is 10.1. The van der Waals surface area contributed by atoms with Gasteiger partial charge < -0.3 is 5.32 Å². The Hall–Kier alpha value is -2.87. The molecule has 0 fully saturated rings. The smallest absolute Gasteiger partial charge is 0.181 e. The van der Waals surface area contributed by atoms with Crippen molar-refractivity contribution >= 4 is 16.7 Å². The van der Waals surface area contributed by atoms with E-state index < -0.39 is 0 Å². The van der Waals surface area contributed by atoms with Crippen LogP contribution in [0.4, 0.5) is 5.69 Å². The first-order chi connectivity index (χ1) is 9.76. The van der Waals surface area contributed by atoms with Crippen LogP contribution >= 0.6 is 0 Å². The molecule has 2 N–H and O–H groups in total. The van der Waals surface area contributed by atoms with Gasteiger partial charge in [0.25, 0.3) is 0 Å². The van der Waals surface area contributed by atoms with Gasteiger partial charge >= 0.3 is 0 Å². The first-order valence-corrected chi connectivity index (χ1v) is 6.30. The summed E-state index contributed by atoms with van der Waals surface area (Å²) in [7, 11) is 0. The predicted octanol–water partition coefficient (Wildman–Crippen LogP) is 2.75. The zero-order valence-corrected chi connectivity index (χ0v) is 11.0. The summed E-state index contributed by atoms with van der Waals surface area (Å²) in [5.41, 5.74) is 4.39. The van der Waals surface area contributed by atoms with Gasteiger partial charge in [0.1, 0.15) is 0 Å². The number of hydrogen-bond acceptors (Lipinski definition) is 4. The van der Waals surface area contributed by atoms with Gasteiger partial charge in [0.15, 0.2) is 5.65 Å². The Morgan fingerprint density at radius 3 is 3.10 bits per heavy atom. The second kappa shape index (κ2) is 5.02. The standard InChI is InChI=1S/C15H13N5/c1-10-14-6-13(9-18-15(14)20-19-10)17-8-12-4-2-3-11(5-12)7-16/h2-6,9,17H,8H2,1H3,(H,18,19,20). The molecule has 0 bridgehead atoms. The molecule has 98 valence electrons. The van der Waals surface area contributed by atoms with Crippen LogP contribution < -0.4 is 5.32 Å². The molecule has 0 aliphatic rings. The van der Waals surface area contributed by atoms with Crippen molar-refractivity contribution < 1.29 is 0 Å². The Bertz CT molecular complexity index is 797. The van der Waals surface area contributed by atoms with Crippen molar-refractivity contribution in [3.63, 3.8) is 0 Å². The van der Waals surface area contributed by atoms with Crippen LogP contribution in [-0.4, -0.2) is 15.2 Å². The Morgan fingerprint density at radius 1 is 1.35 bits per heavy atom. The van der Waals surface area contributed by atoms with E-state index in [0.717, 1.165) is 28.0 Å². The normalized spacial score (nSPS) is 10.4. The maximum absolute atomic E-state index is 8.88. The molecule has 0 saturated carbocycles. The number of nitrogens with zero attached hydrogens (tertiary/aromatic N) is 3. The summed E-state index contributed by atoms with van der Waals surface area (Å²) in [6.07, 6.45) is 1.76. The van der Waals surface area contributed by atoms with E-state index in [9.17, 15) is 0 Å². The van der Waals surface area contributed by atoms with E-state index >= 15 is 0 Å². The third kappa shape index (κ3) is 2.31. The number of aryl methyl sites for hydroxylation is 1. The second-order valence-corrected chi connectivity index (χ2v) is 4.61. The maximum atomic E-state index is 8.88. The molecule has 3 rings (SSSR count). The number of nitriles is 1. The van der Waals surface area contributed by atoms with E-state index in [4.69, 9.17) is 5.26 Å². The van der Waals surface area contributed by atoms with Gasteiger partial charge in [-0.2, -0.15) is 10.4 Å². The van der Waals surface area contributed by atoms with Crippen molar-refractivity contribution in [3.05, 3.63) is 53.3 Å². The molecule has 0 aliphatic carbocycles. The van der Waals surface area contributed by atoms with Crippen molar-refractivity contribution in [2.24, 2.45) is 0 Å². The van der Waals surface area contributed by atoms with Gasteiger partial charge in [0, 0.05) is 17.6 Å². The molecule has 0 saturated heterocycles. The highest BCUT2D eigenvalue weighted by molar-refractivity contribution is 5.80. The Labute approximate surface area is 116 Å². The number of benzene rings is 1. The lowest BCUT2D eigenvalue weighted by molar-refractivity contribution is 1.05. The van der Waals surface area contributed by atoms with Crippen molar-refractivity contribution in [1.82, 2.24) is 15.2 Å². The van der Waals surface area contributed by atoms with Crippen molar-refractivity contribution in [1.29, 1.82) is 5.26 Å². The number of aromatic amines is 1. The molecule has 0 amide bonds. The van der Waals surface area contributed by atoms with Gasteiger partial charge in [0.05, 0.1) is 23.5 Å². The molecule has 20 heavy (non-hydrogen) atoms. The fourth-order valence-corrected chi connectivity index (χ4v) is 2.07. The van der Waals surface area contributed by atoms with Gasteiger partial charge in [-0.3, -0.25) is 5.10 Å². The summed E-state index contributed by atoms with van der Waals surface area (Å²) in [6.45, 7) is 2.62. The topological polar surface area (TPSA) is 77.4 Å². The molecule has 0 aliphatic heterocycles. The predicted molar refractivity (Wildman–Crippen MR) is 77.1 cm³/mol. The number of nitrogens with one attached hydrogen (secondary N) is 2. The summed E-state index contributed by atoms with van der Waals surface area (Å²) in [6, 6.07) is 11.7. The number of hydrogen-bond donors (Lipinski definition) is 2. The van der Waals surface area contributed by atoms with E-state index in [-0.39, 0.29) is 0 Å². The Balaban J connectivity index is 1.79. The molecule has 0 spiro atoms. The summed E-state index contributed by atoms with van der Waals surface area (Å²) in [5, 5.41) is 20.2. The second-order valence-electron chi connectivity index (χ2n) is 4.61. The third-order valence-electron chi connectivity index (χ3n) is 3.15. The van der Waals surface area contributed by atoms with Crippen LogP contribution in [-0.2, 0) is 6.54 Å². The number of pyridine rings is 1. The van der Waals surface area contributed by atoms with Crippen LogP contribution in [0.2, 0.25) is 0 Å². The highest BCUT2D eigenvalue weighted by Crippen LogP contribution is 2.18. The fourth-order valence-electron chi connectivity index (χ4n) is 2.07. The summed E-state index contributed by atoms with van der Waals surface area (Å²) in [4.78, 5) is 4.29. The Morgan fingerprint density at radius 2 is 2.25 bits per heavy atom. The number of aromatic nitrogens is 3. The van der Waals surface area contributed by atoms with Crippen LogP contribution in [0.5, 0.6) is 0 Å². The van der Waals surface area contributed by atoms with E-state index in [1.54, 1.807) is 12.3 Å². The molecule has 3 aromatic rings. The summed E-state index contributed by atoms with van der Waals surface area (Å²) in [5.74, 6) is 0. The van der Waals surface area contributed by atoms with E-state index in [0.29, 0.717) is 12.1 Å². The molecule has 1 aromatic carbocycles. The number of fused-ring (bicyclic) bond motifs is 1. The molecule has 5 heteroatoms. The first-order valence-electron chi connectivity index (χ1n) is 6.30. The van der Waals surface area contributed by atoms with Crippen LogP contribution in [0.1, 0.15) is 16.8 Å². The van der Waals surface area contributed by atoms with Crippen molar-refractivity contribution in [2.45, 2.75) is 13.5 Å². The molecule has 0 radical (unpaired) electrons. The van der Waals surface area contributed by atoms with E-state index in [1.807, 2.05) is 31.2 Å². The molecule has 2 heterocycles. The minimum Gasteiger partial charge on any atom is -0.380 e. The zero-order chi connectivity index (χ0) is 13.9. The number of H-pyrrole nitrogens is 1. The van der Waals surface area contributed by atoms with Gasteiger partial charge in [0.2, 0.25) is 0 Å². The van der Waals surface area contributed by atoms with Gasteiger partial charge in [-0.15, -0.1) is 0 Å². The number of anilines is 1. The average Bonchev–Trinajstić information content (AvgIpc) is 2.86. The van der Waals surface area contributed by atoms with Crippen LogP contribution in [0.3, 0.4) is 0 Å². The summed E-state index contributed by atoms with van der Waals surface area (Å²) < 4.78 is 0. The lowest BCUT2D eigenvalue weighted by Crippen LogP contribution is -2.00. The highest BCUT2D eigenvalue weighted by atomic mass is 15.1. The highest BCUT2D eigenvalue weighted by Gasteiger charge is 2.04. The number of rotatable bonds is 3. The zero-order valence-electron chi connectivity index (χ0n) is 11.0. The van der Waals surface area contributed by atoms with Crippen LogP contribution in [0, 0.1) is 18.3 Å². The molecule has 0 unspecified atom stereocenters. The van der Waals surface area contributed by atoms with Gasteiger partial charge in [-0.1, -0.05) is 12.1 Å². The fraction of sp³-hybridized carbons (Fsp3) is 0.133.